The number of thioether (sulfide) groups is 1. The first-order chi connectivity index (χ1) is 10.3. The number of hydrogen-bond acceptors (Lipinski definition) is 4. The molecule has 0 radical (unpaired) electrons. The van der Waals surface area contributed by atoms with Gasteiger partial charge in [-0.3, -0.25) is 0 Å². The standard InChI is InChI=1S/C17H18O3S/c1-2-19-13-9-7-12(8-10-13)17(18)15-11-21-16-6-4-3-5-14(16)20-15/h3-10,15,17-18H,2,11H2,1H3. The zero-order valence-corrected chi connectivity index (χ0v) is 12.7. The van der Waals surface area contributed by atoms with Crippen LogP contribution in [0.2, 0.25) is 0 Å². The van der Waals surface area contributed by atoms with Crippen LogP contribution in [0, 0.1) is 0 Å². The van der Waals surface area contributed by atoms with Gasteiger partial charge in [0.2, 0.25) is 0 Å². The Kier molecular flexibility index (Phi) is 4.36. The number of aliphatic hydroxyl groups is 1. The third kappa shape index (κ3) is 3.17. The van der Waals surface area contributed by atoms with E-state index in [0.717, 1.165) is 27.7 Å². The smallest absolute Gasteiger partial charge is 0.138 e. The van der Waals surface area contributed by atoms with Crippen molar-refractivity contribution < 1.29 is 14.6 Å². The molecular formula is C17H18O3S. The van der Waals surface area contributed by atoms with Crippen molar-refractivity contribution >= 4 is 11.8 Å². The van der Waals surface area contributed by atoms with Crippen LogP contribution in [0.25, 0.3) is 0 Å². The van der Waals surface area contributed by atoms with Crippen molar-refractivity contribution in [2.24, 2.45) is 0 Å². The molecule has 4 heteroatoms. The molecule has 2 aromatic carbocycles. The molecule has 1 aliphatic heterocycles. The summed E-state index contributed by atoms with van der Waals surface area (Å²) >= 11 is 1.72. The summed E-state index contributed by atoms with van der Waals surface area (Å²) in [5.74, 6) is 2.41. The monoisotopic (exact) mass is 302 g/mol. The minimum atomic E-state index is -0.637. The van der Waals surface area contributed by atoms with Gasteiger partial charge in [-0.2, -0.15) is 0 Å². The second-order valence-electron chi connectivity index (χ2n) is 4.86. The van der Waals surface area contributed by atoms with E-state index in [4.69, 9.17) is 9.47 Å². The van der Waals surface area contributed by atoms with Crippen LogP contribution < -0.4 is 9.47 Å². The Morgan fingerprint density at radius 3 is 2.76 bits per heavy atom. The number of rotatable bonds is 4. The maximum absolute atomic E-state index is 10.5. The van der Waals surface area contributed by atoms with E-state index in [1.54, 1.807) is 11.8 Å². The molecule has 1 aliphatic rings. The van der Waals surface area contributed by atoms with Gasteiger partial charge in [0.05, 0.1) is 6.61 Å². The van der Waals surface area contributed by atoms with Crippen LogP contribution in [0.5, 0.6) is 11.5 Å². The molecule has 0 saturated heterocycles. The lowest BCUT2D eigenvalue weighted by molar-refractivity contribution is 0.0457. The second kappa shape index (κ2) is 6.41. The third-order valence-corrected chi connectivity index (χ3v) is 4.56. The first kappa shape index (κ1) is 14.3. The zero-order valence-electron chi connectivity index (χ0n) is 11.9. The van der Waals surface area contributed by atoms with E-state index in [0.29, 0.717) is 6.61 Å². The van der Waals surface area contributed by atoms with Gasteiger partial charge >= 0.3 is 0 Å². The average molecular weight is 302 g/mol. The van der Waals surface area contributed by atoms with Crippen LogP contribution in [0.4, 0.5) is 0 Å². The van der Waals surface area contributed by atoms with Crippen LogP contribution in [0.15, 0.2) is 53.4 Å². The largest absolute Gasteiger partial charge is 0.494 e. The van der Waals surface area contributed by atoms with Crippen molar-refractivity contribution in [2.75, 3.05) is 12.4 Å². The Hall–Kier alpha value is -1.65. The molecule has 1 N–H and O–H groups in total. The van der Waals surface area contributed by atoms with Crippen molar-refractivity contribution in [1.82, 2.24) is 0 Å². The summed E-state index contributed by atoms with van der Waals surface area (Å²) in [5.41, 5.74) is 0.850. The number of para-hydroxylation sites is 1. The van der Waals surface area contributed by atoms with Crippen LogP contribution >= 0.6 is 11.8 Å². The maximum atomic E-state index is 10.5. The summed E-state index contributed by atoms with van der Waals surface area (Å²) in [5, 5.41) is 10.5. The van der Waals surface area contributed by atoms with Crippen molar-refractivity contribution in [3.05, 3.63) is 54.1 Å². The molecule has 0 amide bonds. The highest BCUT2D eigenvalue weighted by molar-refractivity contribution is 7.99. The summed E-state index contributed by atoms with van der Waals surface area (Å²) in [6.07, 6.45) is -0.871. The van der Waals surface area contributed by atoms with E-state index < -0.39 is 6.10 Å². The number of benzene rings is 2. The van der Waals surface area contributed by atoms with E-state index in [1.165, 1.54) is 0 Å². The topological polar surface area (TPSA) is 38.7 Å². The number of aliphatic hydroxyl groups excluding tert-OH is 1. The molecule has 2 aromatic rings. The molecule has 0 spiro atoms. The molecule has 21 heavy (non-hydrogen) atoms. The maximum Gasteiger partial charge on any atom is 0.138 e. The lowest BCUT2D eigenvalue weighted by atomic mass is 10.1. The molecule has 0 aromatic heterocycles. The van der Waals surface area contributed by atoms with Gasteiger partial charge in [-0.15, -0.1) is 11.8 Å². The van der Waals surface area contributed by atoms with Crippen molar-refractivity contribution in [1.29, 1.82) is 0 Å². The molecule has 3 nitrogen and oxygen atoms in total. The van der Waals surface area contributed by atoms with Gasteiger partial charge in [0.25, 0.3) is 0 Å². The summed E-state index contributed by atoms with van der Waals surface area (Å²) < 4.78 is 11.3. The van der Waals surface area contributed by atoms with Crippen molar-refractivity contribution in [2.45, 2.75) is 24.0 Å². The molecule has 0 fully saturated rings. The minimum absolute atomic E-state index is 0.233. The molecule has 110 valence electrons. The lowest BCUT2D eigenvalue weighted by Crippen LogP contribution is -2.30. The average Bonchev–Trinajstić information content (AvgIpc) is 2.55. The fourth-order valence-electron chi connectivity index (χ4n) is 2.33. The molecule has 2 unspecified atom stereocenters. The van der Waals surface area contributed by atoms with E-state index in [1.807, 2.05) is 55.5 Å². The zero-order chi connectivity index (χ0) is 14.7. The van der Waals surface area contributed by atoms with Crippen molar-refractivity contribution in [3.8, 4) is 11.5 Å². The van der Waals surface area contributed by atoms with E-state index in [2.05, 4.69) is 0 Å². The predicted molar refractivity (Wildman–Crippen MR) is 84.2 cm³/mol. The first-order valence-electron chi connectivity index (χ1n) is 7.07. The molecule has 1 heterocycles. The highest BCUT2D eigenvalue weighted by atomic mass is 32.2. The van der Waals surface area contributed by atoms with Gasteiger partial charge in [0.1, 0.15) is 23.7 Å². The van der Waals surface area contributed by atoms with Gasteiger partial charge in [0, 0.05) is 10.6 Å². The summed E-state index contributed by atoms with van der Waals surface area (Å²) in [7, 11) is 0. The molecule has 0 saturated carbocycles. The van der Waals surface area contributed by atoms with Crippen LogP contribution in [-0.4, -0.2) is 23.6 Å². The normalized spacial score (nSPS) is 18.5. The quantitative estimate of drug-likeness (QED) is 0.935. The van der Waals surface area contributed by atoms with Crippen LogP contribution in [0.1, 0.15) is 18.6 Å². The lowest BCUT2D eigenvalue weighted by Gasteiger charge is -2.29. The minimum Gasteiger partial charge on any atom is -0.494 e. The summed E-state index contributed by atoms with van der Waals surface area (Å²) in [4.78, 5) is 1.13. The van der Waals surface area contributed by atoms with Gasteiger partial charge in [-0.05, 0) is 36.8 Å². The van der Waals surface area contributed by atoms with Gasteiger partial charge in [-0.1, -0.05) is 24.3 Å². The van der Waals surface area contributed by atoms with Crippen molar-refractivity contribution in [3.63, 3.8) is 0 Å². The summed E-state index contributed by atoms with van der Waals surface area (Å²) in [6, 6.07) is 15.5. The van der Waals surface area contributed by atoms with Gasteiger partial charge in [0.15, 0.2) is 0 Å². The second-order valence-corrected chi connectivity index (χ2v) is 5.92. The fraction of sp³-hybridized carbons (Fsp3) is 0.294. The highest BCUT2D eigenvalue weighted by Crippen LogP contribution is 2.38. The number of fused-ring (bicyclic) bond motifs is 1. The highest BCUT2D eigenvalue weighted by Gasteiger charge is 2.27. The van der Waals surface area contributed by atoms with Crippen LogP contribution in [0.3, 0.4) is 0 Å². The van der Waals surface area contributed by atoms with Gasteiger partial charge in [-0.25, -0.2) is 0 Å². The Morgan fingerprint density at radius 1 is 1.24 bits per heavy atom. The Morgan fingerprint density at radius 2 is 2.00 bits per heavy atom. The number of ether oxygens (including phenoxy) is 2. The van der Waals surface area contributed by atoms with E-state index in [9.17, 15) is 5.11 Å². The fourth-order valence-corrected chi connectivity index (χ4v) is 3.36. The van der Waals surface area contributed by atoms with Crippen LogP contribution in [-0.2, 0) is 0 Å². The van der Waals surface area contributed by atoms with E-state index >= 15 is 0 Å². The molecule has 0 bridgehead atoms. The molecule has 0 aliphatic carbocycles. The Labute approximate surface area is 128 Å². The number of hydrogen-bond donors (Lipinski definition) is 1. The molecular weight excluding hydrogens is 284 g/mol. The SMILES string of the molecule is CCOc1ccc(C(O)C2CSc3ccccc3O2)cc1. The Balaban J connectivity index is 1.72. The van der Waals surface area contributed by atoms with E-state index in [-0.39, 0.29) is 6.10 Å². The predicted octanol–water partition coefficient (Wildman–Crippen LogP) is 3.67. The van der Waals surface area contributed by atoms with Gasteiger partial charge < -0.3 is 14.6 Å². The summed E-state index contributed by atoms with van der Waals surface area (Å²) in [6.45, 7) is 2.59. The Bertz CT molecular complexity index is 597. The third-order valence-electron chi connectivity index (χ3n) is 3.42. The first-order valence-corrected chi connectivity index (χ1v) is 8.06. The molecule has 2 atom stereocenters. The molecule has 3 rings (SSSR count).